The lowest BCUT2D eigenvalue weighted by Crippen LogP contribution is -2.42. The van der Waals surface area contributed by atoms with Crippen LogP contribution in [0, 0.1) is 11.8 Å². The second-order valence-electron chi connectivity index (χ2n) is 7.08. The number of H-pyrrole nitrogens is 1. The van der Waals surface area contributed by atoms with Crippen LogP contribution in [-0.2, 0) is 17.8 Å². The number of aromatic nitrogens is 2. The monoisotopic (exact) mass is 354 g/mol. The molecular weight excluding hydrogens is 328 g/mol. The van der Waals surface area contributed by atoms with E-state index >= 15 is 0 Å². The highest BCUT2D eigenvalue weighted by Crippen LogP contribution is 2.41. The summed E-state index contributed by atoms with van der Waals surface area (Å²) >= 11 is 6.28. The average Bonchev–Trinajstić information content (AvgIpc) is 3.25. The number of aliphatic hydroxyl groups is 1. The highest BCUT2D eigenvalue weighted by atomic mass is 35.5. The molecule has 1 saturated carbocycles. The standard InChI is InChI=1S/C17H27ClN4O2/c1-2-3-4-15-19-14(17(18)21-15)9-22-7-12(11-5-6-11)13(8-22)20-16(24)10-23/h11-13,23H,2-10H2,1H3,(H,19,21)(H,20,24)/t12-,13+/m1/s1. The first-order chi connectivity index (χ1) is 11.6. The van der Waals surface area contributed by atoms with Crippen LogP contribution in [0.5, 0.6) is 0 Å². The summed E-state index contributed by atoms with van der Waals surface area (Å²) in [6.07, 6.45) is 5.66. The predicted octanol–water partition coefficient (Wildman–Crippen LogP) is 1.72. The van der Waals surface area contributed by atoms with Crippen molar-refractivity contribution < 1.29 is 9.90 Å². The molecule has 134 valence electrons. The molecule has 1 aliphatic heterocycles. The molecule has 1 amide bonds. The van der Waals surface area contributed by atoms with E-state index in [2.05, 4.69) is 27.1 Å². The Labute approximate surface area is 148 Å². The van der Waals surface area contributed by atoms with Crippen LogP contribution in [0.1, 0.15) is 44.1 Å². The Hall–Kier alpha value is -1.11. The summed E-state index contributed by atoms with van der Waals surface area (Å²) in [5.41, 5.74) is 0.964. The fourth-order valence-corrected chi connectivity index (χ4v) is 3.89. The van der Waals surface area contributed by atoms with E-state index in [0.717, 1.165) is 50.4 Å². The van der Waals surface area contributed by atoms with Gasteiger partial charge in [-0.05, 0) is 31.1 Å². The van der Waals surface area contributed by atoms with Crippen LogP contribution in [0.4, 0.5) is 0 Å². The number of nitrogens with zero attached hydrogens (tertiary/aromatic N) is 2. The van der Waals surface area contributed by atoms with Crippen LogP contribution < -0.4 is 5.32 Å². The third-order valence-electron chi connectivity index (χ3n) is 5.08. The minimum absolute atomic E-state index is 0.124. The summed E-state index contributed by atoms with van der Waals surface area (Å²) in [7, 11) is 0. The van der Waals surface area contributed by atoms with Crippen molar-refractivity contribution in [3.8, 4) is 0 Å². The normalized spacial score (nSPS) is 24.5. The van der Waals surface area contributed by atoms with E-state index in [4.69, 9.17) is 16.7 Å². The summed E-state index contributed by atoms with van der Waals surface area (Å²) in [5.74, 6) is 1.85. The summed E-state index contributed by atoms with van der Waals surface area (Å²) in [5, 5.41) is 12.5. The molecule has 0 radical (unpaired) electrons. The second kappa shape index (κ2) is 7.85. The van der Waals surface area contributed by atoms with E-state index in [1.54, 1.807) is 0 Å². The molecule has 1 aromatic heterocycles. The summed E-state index contributed by atoms with van der Waals surface area (Å²) in [6, 6.07) is 0.124. The fourth-order valence-electron chi connectivity index (χ4n) is 3.68. The molecule has 2 heterocycles. The number of aryl methyl sites for hydroxylation is 1. The Morgan fingerprint density at radius 2 is 2.25 bits per heavy atom. The molecule has 2 aliphatic rings. The van der Waals surface area contributed by atoms with Gasteiger partial charge in [0.2, 0.25) is 5.91 Å². The van der Waals surface area contributed by atoms with Gasteiger partial charge in [0, 0.05) is 32.1 Å². The van der Waals surface area contributed by atoms with Crippen molar-refractivity contribution in [2.75, 3.05) is 19.7 Å². The van der Waals surface area contributed by atoms with Gasteiger partial charge in [0.15, 0.2) is 5.15 Å². The van der Waals surface area contributed by atoms with Gasteiger partial charge in [0.25, 0.3) is 0 Å². The molecule has 2 fully saturated rings. The number of carbonyl (C=O) groups is 1. The van der Waals surface area contributed by atoms with Crippen LogP contribution in [0.25, 0.3) is 0 Å². The SMILES string of the molecule is CCCCc1nc(Cl)c(CN2C[C@H](NC(=O)CO)[C@@H](C3CC3)C2)[nH]1. The third kappa shape index (κ3) is 4.29. The highest BCUT2D eigenvalue weighted by Gasteiger charge is 2.43. The molecular formula is C17H27ClN4O2. The molecule has 0 bridgehead atoms. The van der Waals surface area contributed by atoms with Gasteiger partial charge in [-0.2, -0.15) is 0 Å². The molecule has 0 aromatic carbocycles. The van der Waals surface area contributed by atoms with Crippen molar-refractivity contribution in [3.05, 3.63) is 16.7 Å². The molecule has 3 rings (SSSR count). The van der Waals surface area contributed by atoms with Crippen molar-refractivity contribution in [1.82, 2.24) is 20.2 Å². The van der Waals surface area contributed by atoms with Crippen molar-refractivity contribution >= 4 is 17.5 Å². The van der Waals surface area contributed by atoms with Crippen LogP contribution in [0.2, 0.25) is 5.15 Å². The fraction of sp³-hybridized carbons (Fsp3) is 0.765. The maximum Gasteiger partial charge on any atom is 0.245 e. The van der Waals surface area contributed by atoms with E-state index in [1.165, 1.54) is 12.8 Å². The molecule has 2 atom stereocenters. The lowest BCUT2D eigenvalue weighted by atomic mass is 9.98. The number of halogens is 1. The minimum atomic E-state index is -0.443. The van der Waals surface area contributed by atoms with Crippen LogP contribution in [0.15, 0.2) is 0 Å². The van der Waals surface area contributed by atoms with E-state index in [0.29, 0.717) is 17.0 Å². The van der Waals surface area contributed by atoms with Gasteiger partial charge in [0.1, 0.15) is 12.4 Å². The lowest BCUT2D eigenvalue weighted by molar-refractivity contribution is -0.124. The smallest absolute Gasteiger partial charge is 0.245 e. The highest BCUT2D eigenvalue weighted by molar-refractivity contribution is 6.30. The summed E-state index contributed by atoms with van der Waals surface area (Å²) in [6.45, 7) is 4.20. The number of imidazole rings is 1. The number of hydrogen-bond donors (Lipinski definition) is 3. The molecule has 0 unspecified atom stereocenters. The van der Waals surface area contributed by atoms with E-state index < -0.39 is 6.61 Å². The lowest BCUT2D eigenvalue weighted by Gasteiger charge is -2.18. The van der Waals surface area contributed by atoms with E-state index in [1.807, 2.05) is 0 Å². The molecule has 3 N–H and O–H groups in total. The average molecular weight is 355 g/mol. The van der Waals surface area contributed by atoms with Crippen molar-refractivity contribution in [2.24, 2.45) is 11.8 Å². The third-order valence-corrected chi connectivity index (χ3v) is 5.40. The van der Waals surface area contributed by atoms with Crippen LogP contribution in [0.3, 0.4) is 0 Å². The summed E-state index contributed by atoms with van der Waals surface area (Å²) < 4.78 is 0. The Bertz CT molecular complexity index is 573. The van der Waals surface area contributed by atoms with Crippen LogP contribution in [-0.4, -0.2) is 51.6 Å². The number of unbranched alkanes of at least 4 members (excludes halogenated alkanes) is 1. The van der Waals surface area contributed by atoms with Gasteiger partial charge in [-0.15, -0.1) is 0 Å². The molecule has 7 heteroatoms. The number of nitrogens with one attached hydrogen (secondary N) is 2. The zero-order chi connectivity index (χ0) is 17.1. The molecule has 24 heavy (non-hydrogen) atoms. The predicted molar refractivity (Wildman–Crippen MR) is 92.7 cm³/mol. The molecule has 1 aliphatic carbocycles. The molecule has 0 spiro atoms. The Kier molecular flexibility index (Phi) is 5.79. The maximum atomic E-state index is 11.6. The number of hydrogen-bond acceptors (Lipinski definition) is 4. The Morgan fingerprint density at radius 1 is 1.46 bits per heavy atom. The van der Waals surface area contributed by atoms with Crippen molar-refractivity contribution in [3.63, 3.8) is 0 Å². The maximum absolute atomic E-state index is 11.6. The van der Waals surface area contributed by atoms with Gasteiger partial charge in [-0.25, -0.2) is 4.98 Å². The number of rotatable bonds is 8. The van der Waals surface area contributed by atoms with Gasteiger partial charge in [-0.3, -0.25) is 9.69 Å². The number of likely N-dealkylation sites (tertiary alicyclic amines) is 1. The zero-order valence-electron chi connectivity index (χ0n) is 14.2. The first kappa shape index (κ1) is 17.7. The van der Waals surface area contributed by atoms with Crippen molar-refractivity contribution in [1.29, 1.82) is 0 Å². The topological polar surface area (TPSA) is 81.2 Å². The van der Waals surface area contributed by atoms with Gasteiger partial charge >= 0.3 is 0 Å². The molecule has 1 aromatic rings. The van der Waals surface area contributed by atoms with Crippen molar-refractivity contribution in [2.45, 2.75) is 51.6 Å². The quantitative estimate of drug-likeness (QED) is 0.664. The Morgan fingerprint density at radius 3 is 2.92 bits per heavy atom. The number of aliphatic hydroxyl groups excluding tert-OH is 1. The largest absolute Gasteiger partial charge is 0.387 e. The van der Waals surface area contributed by atoms with E-state index in [-0.39, 0.29) is 11.9 Å². The molecule has 6 nitrogen and oxygen atoms in total. The number of carbonyl (C=O) groups excluding carboxylic acids is 1. The number of amides is 1. The van der Waals surface area contributed by atoms with Gasteiger partial charge in [-0.1, -0.05) is 24.9 Å². The molecule has 1 saturated heterocycles. The first-order valence-electron chi connectivity index (χ1n) is 8.96. The summed E-state index contributed by atoms with van der Waals surface area (Å²) in [4.78, 5) is 21.7. The number of aromatic amines is 1. The zero-order valence-corrected chi connectivity index (χ0v) is 15.0. The second-order valence-corrected chi connectivity index (χ2v) is 7.44. The van der Waals surface area contributed by atoms with Gasteiger partial charge < -0.3 is 15.4 Å². The van der Waals surface area contributed by atoms with Crippen LogP contribution >= 0.6 is 11.6 Å². The first-order valence-corrected chi connectivity index (χ1v) is 9.34. The van der Waals surface area contributed by atoms with E-state index in [9.17, 15) is 4.79 Å². The Balaban J connectivity index is 1.61. The minimum Gasteiger partial charge on any atom is -0.387 e. The van der Waals surface area contributed by atoms with Gasteiger partial charge in [0.05, 0.1) is 5.69 Å².